The number of hydrogen-bond acceptors (Lipinski definition) is 2. The molecule has 1 fully saturated rings. The number of benzene rings is 1. The van der Waals surface area contributed by atoms with Crippen LogP contribution in [0, 0.1) is 5.92 Å². The van der Waals surface area contributed by atoms with Crippen LogP contribution in [0.15, 0.2) is 24.3 Å². The second-order valence-corrected chi connectivity index (χ2v) is 5.94. The molecule has 1 saturated carbocycles. The molecule has 0 bridgehead atoms. The molecule has 1 aromatic carbocycles. The average molecular weight is 274 g/mol. The van der Waals surface area contributed by atoms with E-state index in [0.717, 1.165) is 24.2 Å². The molecule has 20 heavy (non-hydrogen) atoms. The van der Waals surface area contributed by atoms with Gasteiger partial charge in [-0.15, -0.1) is 0 Å². The highest BCUT2D eigenvalue weighted by Gasteiger charge is 2.29. The van der Waals surface area contributed by atoms with Crippen molar-refractivity contribution in [1.29, 1.82) is 0 Å². The lowest BCUT2D eigenvalue weighted by Crippen LogP contribution is -2.23. The predicted molar refractivity (Wildman–Crippen MR) is 82.2 cm³/mol. The van der Waals surface area contributed by atoms with E-state index in [9.17, 15) is 4.79 Å². The van der Waals surface area contributed by atoms with E-state index in [2.05, 4.69) is 6.92 Å². The van der Waals surface area contributed by atoms with Gasteiger partial charge in [0.1, 0.15) is 11.5 Å². The van der Waals surface area contributed by atoms with Gasteiger partial charge in [-0.3, -0.25) is 4.79 Å². The van der Waals surface area contributed by atoms with E-state index in [1.165, 1.54) is 32.1 Å². The fourth-order valence-electron chi connectivity index (χ4n) is 3.21. The first-order valence-corrected chi connectivity index (χ1v) is 7.91. The van der Waals surface area contributed by atoms with Crippen molar-refractivity contribution >= 4 is 5.78 Å². The molecule has 0 heterocycles. The van der Waals surface area contributed by atoms with Crippen LogP contribution in [-0.2, 0) is 4.79 Å². The number of hydrogen-bond donors (Lipinski definition) is 0. The highest BCUT2D eigenvalue weighted by Crippen LogP contribution is 2.35. The molecule has 0 aromatic heterocycles. The summed E-state index contributed by atoms with van der Waals surface area (Å²) in [5, 5.41) is 0. The zero-order chi connectivity index (χ0) is 14.4. The first kappa shape index (κ1) is 15.1. The summed E-state index contributed by atoms with van der Waals surface area (Å²) in [7, 11) is 1.67. The van der Waals surface area contributed by atoms with Crippen molar-refractivity contribution in [3.63, 3.8) is 0 Å². The van der Waals surface area contributed by atoms with E-state index >= 15 is 0 Å². The third kappa shape index (κ3) is 3.84. The Balaban J connectivity index is 1.90. The summed E-state index contributed by atoms with van der Waals surface area (Å²) in [6.45, 7) is 2.23. The van der Waals surface area contributed by atoms with Crippen LogP contribution in [0.1, 0.15) is 63.4 Å². The van der Waals surface area contributed by atoms with Crippen molar-refractivity contribution in [1.82, 2.24) is 0 Å². The van der Waals surface area contributed by atoms with Crippen molar-refractivity contribution in [2.45, 2.75) is 57.8 Å². The number of carbonyl (C=O) groups is 1. The summed E-state index contributed by atoms with van der Waals surface area (Å²) in [5.41, 5.74) is 1.16. The van der Waals surface area contributed by atoms with Crippen LogP contribution < -0.4 is 4.74 Å². The number of methoxy groups -OCH3 is 1. The minimum Gasteiger partial charge on any atom is -0.497 e. The van der Waals surface area contributed by atoms with Gasteiger partial charge in [0.05, 0.1) is 7.11 Å². The Hall–Kier alpha value is -1.31. The first-order valence-electron chi connectivity index (χ1n) is 7.91. The Morgan fingerprint density at radius 3 is 2.50 bits per heavy atom. The van der Waals surface area contributed by atoms with Gasteiger partial charge in [0.15, 0.2) is 0 Å². The number of ketones is 1. The monoisotopic (exact) mass is 274 g/mol. The molecule has 0 N–H and O–H groups in total. The molecular formula is C18H26O2. The minimum atomic E-state index is 0.114. The molecule has 0 spiro atoms. The SMILES string of the molecule is CCCCCC1CCC(c2ccc(OC)cc2)C(=O)C1. The van der Waals surface area contributed by atoms with Crippen LogP contribution in [0.3, 0.4) is 0 Å². The van der Waals surface area contributed by atoms with Crippen molar-refractivity contribution in [2.24, 2.45) is 5.92 Å². The summed E-state index contributed by atoms with van der Waals surface area (Å²) in [5.74, 6) is 2.03. The number of rotatable bonds is 6. The van der Waals surface area contributed by atoms with Crippen LogP contribution in [0.4, 0.5) is 0 Å². The lowest BCUT2D eigenvalue weighted by atomic mass is 9.76. The molecule has 0 saturated heterocycles. The third-order valence-corrected chi connectivity index (χ3v) is 4.48. The summed E-state index contributed by atoms with van der Waals surface area (Å²) < 4.78 is 5.17. The second-order valence-electron chi connectivity index (χ2n) is 5.94. The normalized spacial score (nSPS) is 22.8. The van der Waals surface area contributed by atoms with Crippen molar-refractivity contribution in [3.05, 3.63) is 29.8 Å². The fraction of sp³-hybridized carbons (Fsp3) is 0.611. The third-order valence-electron chi connectivity index (χ3n) is 4.48. The van der Waals surface area contributed by atoms with Gasteiger partial charge in [-0.2, -0.15) is 0 Å². The molecule has 2 unspecified atom stereocenters. The topological polar surface area (TPSA) is 26.3 Å². The quantitative estimate of drug-likeness (QED) is 0.701. The molecular weight excluding hydrogens is 248 g/mol. The van der Waals surface area contributed by atoms with E-state index in [1.54, 1.807) is 7.11 Å². The zero-order valence-corrected chi connectivity index (χ0v) is 12.7. The standard InChI is InChI=1S/C18H26O2/c1-3-4-5-6-14-7-12-17(18(19)13-14)15-8-10-16(20-2)11-9-15/h8-11,14,17H,3-7,12-13H2,1-2H3. The van der Waals surface area contributed by atoms with E-state index in [4.69, 9.17) is 4.74 Å². The summed E-state index contributed by atoms with van der Waals surface area (Å²) in [6, 6.07) is 7.99. The van der Waals surface area contributed by atoms with Gasteiger partial charge in [0, 0.05) is 12.3 Å². The van der Waals surface area contributed by atoms with Gasteiger partial charge in [0.25, 0.3) is 0 Å². The summed E-state index contributed by atoms with van der Waals surface area (Å²) >= 11 is 0. The molecule has 0 amide bonds. The smallest absolute Gasteiger partial charge is 0.140 e. The molecule has 1 aliphatic carbocycles. The van der Waals surface area contributed by atoms with Crippen LogP contribution in [-0.4, -0.2) is 12.9 Å². The van der Waals surface area contributed by atoms with Crippen LogP contribution >= 0.6 is 0 Å². The Bertz CT molecular complexity index is 422. The Morgan fingerprint density at radius 1 is 1.15 bits per heavy atom. The molecule has 1 aromatic rings. The predicted octanol–water partition coefficient (Wildman–Crippen LogP) is 4.73. The highest BCUT2D eigenvalue weighted by atomic mass is 16.5. The Kier molecular flexibility index (Phi) is 5.63. The van der Waals surface area contributed by atoms with Gasteiger partial charge in [-0.05, 0) is 36.5 Å². The largest absolute Gasteiger partial charge is 0.497 e. The molecule has 1 aliphatic rings. The molecule has 2 atom stereocenters. The number of ether oxygens (including phenoxy) is 1. The highest BCUT2D eigenvalue weighted by molar-refractivity contribution is 5.86. The molecule has 2 heteroatoms. The van der Waals surface area contributed by atoms with Crippen molar-refractivity contribution < 1.29 is 9.53 Å². The van der Waals surface area contributed by atoms with Crippen molar-refractivity contribution in [3.8, 4) is 5.75 Å². The van der Waals surface area contributed by atoms with E-state index in [1.807, 2.05) is 24.3 Å². The average Bonchev–Trinajstić information content (AvgIpc) is 2.48. The minimum absolute atomic E-state index is 0.114. The van der Waals surface area contributed by atoms with Crippen LogP contribution in [0.25, 0.3) is 0 Å². The van der Waals surface area contributed by atoms with Gasteiger partial charge < -0.3 is 4.74 Å². The van der Waals surface area contributed by atoms with Gasteiger partial charge in [-0.1, -0.05) is 44.7 Å². The first-order chi connectivity index (χ1) is 9.74. The Labute approximate surface area is 122 Å². The summed E-state index contributed by atoms with van der Waals surface area (Å²) in [6.07, 6.45) is 8.06. The molecule has 2 nitrogen and oxygen atoms in total. The van der Waals surface area contributed by atoms with E-state index < -0.39 is 0 Å². The number of carbonyl (C=O) groups excluding carboxylic acids is 1. The maximum absolute atomic E-state index is 12.4. The van der Waals surface area contributed by atoms with Crippen molar-refractivity contribution in [2.75, 3.05) is 7.11 Å². The maximum atomic E-state index is 12.4. The maximum Gasteiger partial charge on any atom is 0.140 e. The lowest BCUT2D eigenvalue weighted by Gasteiger charge is -2.27. The van der Waals surface area contributed by atoms with Gasteiger partial charge >= 0.3 is 0 Å². The molecule has 2 rings (SSSR count). The van der Waals surface area contributed by atoms with E-state index in [0.29, 0.717) is 11.7 Å². The van der Waals surface area contributed by atoms with E-state index in [-0.39, 0.29) is 5.92 Å². The van der Waals surface area contributed by atoms with Gasteiger partial charge in [0.2, 0.25) is 0 Å². The zero-order valence-electron chi connectivity index (χ0n) is 12.7. The molecule has 0 aliphatic heterocycles. The van der Waals surface area contributed by atoms with Crippen LogP contribution in [0.2, 0.25) is 0 Å². The molecule has 110 valence electrons. The second kappa shape index (κ2) is 7.47. The number of unbranched alkanes of at least 4 members (excludes halogenated alkanes) is 2. The summed E-state index contributed by atoms with van der Waals surface area (Å²) in [4.78, 5) is 12.4. The lowest BCUT2D eigenvalue weighted by molar-refractivity contribution is -0.123. The number of Topliss-reactive ketones (excluding diaryl/α,β-unsaturated/α-hetero) is 1. The van der Waals surface area contributed by atoms with Gasteiger partial charge in [-0.25, -0.2) is 0 Å². The fourth-order valence-corrected chi connectivity index (χ4v) is 3.21. The molecule has 0 radical (unpaired) electrons. The Morgan fingerprint density at radius 2 is 1.90 bits per heavy atom. The van der Waals surface area contributed by atoms with Crippen LogP contribution in [0.5, 0.6) is 5.75 Å².